The lowest BCUT2D eigenvalue weighted by Gasteiger charge is -2.19. The molecule has 0 aliphatic heterocycles. The number of guanidine groups is 1. The molecule has 0 fully saturated rings. The maximum atomic E-state index is 5.29. The van der Waals surface area contributed by atoms with Crippen molar-refractivity contribution in [3.63, 3.8) is 0 Å². The number of nitrogens with one attached hydrogen (secondary N) is 2. The third-order valence-corrected chi connectivity index (χ3v) is 4.98. The van der Waals surface area contributed by atoms with Crippen LogP contribution in [0.25, 0.3) is 0 Å². The van der Waals surface area contributed by atoms with Crippen LogP contribution in [0.2, 0.25) is 0 Å². The van der Waals surface area contributed by atoms with Gasteiger partial charge in [-0.15, -0.1) is 0 Å². The Balaban J connectivity index is 1.50. The SMILES string of the molecule is CN=C(NCCc1nc(C(C)C)no1)NCCC(c1ccccc1)c1ccccc1. The zero-order valence-corrected chi connectivity index (χ0v) is 18.0. The predicted octanol–water partition coefficient (Wildman–Crippen LogP) is 4.12. The van der Waals surface area contributed by atoms with E-state index in [9.17, 15) is 0 Å². The Kier molecular flexibility index (Phi) is 8.01. The predicted molar refractivity (Wildman–Crippen MR) is 121 cm³/mol. The summed E-state index contributed by atoms with van der Waals surface area (Å²) in [6, 6.07) is 21.3. The molecule has 30 heavy (non-hydrogen) atoms. The molecule has 3 aromatic rings. The molecule has 158 valence electrons. The van der Waals surface area contributed by atoms with Gasteiger partial charge in [-0.3, -0.25) is 4.99 Å². The average molecular weight is 406 g/mol. The fourth-order valence-electron chi connectivity index (χ4n) is 3.34. The standard InChI is InChI=1S/C24H31N5O/c1-18(2)23-28-22(30-29-23)15-17-27-24(25-3)26-16-14-21(19-10-6-4-7-11-19)20-12-8-5-9-13-20/h4-13,18,21H,14-17H2,1-3H3,(H2,25,26,27). The Morgan fingerprint density at radius 1 is 0.933 bits per heavy atom. The van der Waals surface area contributed by atoms with Gasteiger partial charge in [0.15, 0.2) is 11.8 Å². The van der Waals surface area contributed by atoms with E-state index < -0.39 is 0 Å². The minimum absolute atomic E-state index is 0.270. The molecule has 0 amide bonds. The second-order valence-electron chi connectivity index (χ2n) is 7.54. The summed E-state index contributed by atoms with van der Waals surface area (Å²) in [5, 5.41) is 10.7. The highest BCUT2D eigenvalue weighted by Crippen LogP contribution is 2.27. The van der Waals surface area contributed by atoms with Crippen molar-refractivity contribution in [3.8, 4) is 0 Å². The number of nitrogens with zero attached hydrogens (tertiary/aromatic N) is 3. The molecule has 0 spiro atoms. The van der Waals surface area contributed by atoms with Gasteiger partial charge in [-0.05, 0) is 17.5 Å². The van der Waals surface area contributed by atoms with E-state index in [1.165, 1.54) is 11.1 Å². The van der Waals surface area contributed by atoms with Crippen molar-refractivity contribution < 1.29 is 4.52 Å². The number of aromatic nitrogens is 2. The van der Waals surface area contributed by atoms with Gasteiger partial charge in [0.05, 0.1) is 0 Å². The topological polar surface area (TPSA) is 75.3 Å². The number of rotatable bonds is 9. The van der Waals surface area contributed by atoms with Gasteiger partial charge in [0.1, 0.15) is 0 Å². The van der Waals surface area contributed by atoms with E-state index in [-0.39, 0.29) is 5.92 Å². The Bertz CT molecular complexity index is 866. The Morgan fingerprint density at radius 3 is 2.07 bits per heavy atom. The van der Waals surface area contributed by atoms with Crippen molar-refractivity contribution >= 4 is 5.96 Å². The number of hydrogen-bond donors (Lipinski definition) is 2. The molecule has 0 aliphatic rings. The van der Waals surface area contributed by atoms with E-state index in [1.54, 1.807) is 7.05 Å². The summed E-state index contributed by atoms with van der Waals surface area (Å²) in [4.78, 5) is 8.73. The second kappa shape index (κ2) is 11.1. The third-order valence-electron chi connectivity index (χ3n) is 4.98. The molecule has 2 aromatic carbocycles. The summed E-state index contributed by atoms with van der Waals surface area (Å²) in [7, 11) is 1.78. The minimum Gasteiger partial charge on any atom is -0.356 e. The van der Waals surface area contributed by atoms with Gasteiger partial charge >= 0.3 is 0 Å². The fourth-order valence-corrected chi connectivity index (χ4v) is 3.34. The van der Waals surface area contributed by atoms with Crippen molar-refractivity contribution in [1.82, 2.24) is 20.8 Å². The maximum absolute atomic E-state index is 5.29. The van der Waals surface area contributed by atoms with Gasteiger partial charge in [-0.2, -0.15) is 4.98 Å². The van der Waals surface area contributed by atoms with Gasteiger partial charge in [0.2, 0.25) is 5.89 Å². The van der Waals surface area contributed by atoms with E-state index in [0.29, 0.717) is 24.8 Å². The van der Waals surface area contributed by atoms with Crippen molar-refractivity contribution in [2.24, 2.45) is 4.99 Å². The molecule has 0 atom stereocenters. The number of benzene rings is 2. The average Bonchev–Trinajstić information content (AvgIpc) is 3.26. The summed E-state index contributed by atoms with van der Waals surface area (Å²) in [5.41, 5.74) is 2.65. The van der Waals surface area contributed by atoms with Gasteiger partial charge in [-0.1, -0.05) is 79.7 Å². The molecule has 6 nitrogen and oxygen atoms in total. The Morgan fingerprint density at radius 2 is 1.53 bits per heavy atom. The van der Waals surface area contributed by atoms with Crippen LogP contribution in [0.1, 0.15) is 54.9 Å². The molecule has 0 radical (unpaired) electrons. The first-order valence-electron chi connectivity index (χ1n) is 10.5. The van der Waals surface area contributed by atoms with Gasteiger partial charge in [-0.25, -0.2) is 0 Å². The van der Waals surface area contributed by atoms with Crippen LogP contribution in [0.4, 0.5) is 0 Å². The first-order valence-corrected chi connectivity index (χ1v) is 10.5. The van der Waals surface area contributed by atoms with E-state index in [0.717, 1.165) is 24.7 Å². The summed E-state index contributed by atoms with van der Waals surface area (Å²) in [6.07, 6.45) is 1.63. The third kappa shape index (κ3) is 6.17. The van der Waals surface area contributed by atoms with Crippen molar-refractivity contribution in [1.29, 1.82) is 0 Å². The molecule has 0 unspecified atom stereocenters. The number of aliphatic imine (C=N–C) groups is 1. The summed E-state index contributed by atoms with van der Waals surface area (Å²) < 4.78 is 5.29. The molecule has 2 N–H and O–H groups in total. The highest BCUT2D eigenvalue weighted by atomic mass is 16.5. The van der Waals surface area contributed by atoms with Crippen LogP contribution in [0.15, 0.2) is 70.2 Å². The van der Waals surface area contributed by atoms with Crippen LogP contribution >= 0.6 is 0 Å². The summed E-state index contributed by atoms with van der Waals surface area (Å²) >= 11 is 0. The molecule has 0 saturated heterocycles. The van der Waals surface area contributed by atoms with E-state index in [2.05, 4.69) is 100 Å². The maximum Gasteiger partial charge on any atom is 0.228 e. The molecule has 3 rings (SSSR count). The van der Waals surface area contributed by atoms with Crippen LogP contribution < -0.4 is 10.6 Å². The highest BCUT2D eigenvalue weighted by Gasteiger charge is 2.14. The zero-order valence-electron chi connectivity index (χ0n) is 18.0. The van der Waals surface area contributed by atoms with Gasteiger partial charge < -0.3 is 15.2 Å². The fraction of sp³-hybridized carbons (Fsp3) is 0.375. The van der Waals surface area contributed by atoms with Crippen molar-refractivity contribution in [2.75, 3.05) is 20.1 Å². The lowest BCUT2D eigenvalue weighted by atomic mass is 9.88. The van der Waals surface area contributed by atoms with Crippen LogP contribution in [-0.2, 0) is 6.42 Å². The molecule has 6 heteroatoms. The van der Waals surface area contributed by atoms with Crippen LogP contribution in [0.5, 0.6) is 0 Å². The second-order valence-corrected chi connectivity index (χ2v) is 7.54. The quantitative estimate of drug-likeness (QED) is 0.414. The van der Waals surface area contributed by atoms with E-state index >= 15 is 0 Å². The van der Waals surface area contributed by atoms with Crippen LogP contribution in [0.3, 0.4) is 0 Å². The van der Waals surface area contributed by atoms with Crippen LogP contribution in [-0.4, -0.2) is 36.2 Å². The van der Waals surface area contributed by atoms with Crippen LogP contribution in [0, 0.1) is 0 Å². The zero-order chi connectivity index (χ0) is 21.2. The summed E-state index contributed by atoms with van der Waals surface area (Å²) in [5.74, 6) is 2.78. The minimum atomic E-state index is 0.270. The largest absolute Gasteiger partial charge is 0.356 e. The number of hydrogen-bond acceptors (Lipinski definition) is 4. The lowest BCUT2D eigenvalue weighted by molar-refractivity contribution is 0.371. The smallest absolute Gasteiger partial charge is 0.228 e. The van der Waals surface area contributed by atoms with Gasteiger partial charge in [0.25, 0.3) is 0 Å². The van der Waals surface area contributed by atoms with Crippen molar-refractivity contribution in [3.05, 3.63) is 83.5 Å². The first-order chi connectivity index (χ1) is 14.7. The molecule has 1 aromatic heterocycles. The molecular weight excluding hydrogens is 374 g/mol. The molecule has 0 saturated carbocycles. The molecule has 1 heterocycles. The van der Waals surface area contributed by atoms with Crippen molar-refractivity contribution in [2.45, 2.75) is 38.5 Å². The Labute approximate surface area is 178 Å². The lowest BCUT2D eigenvalue weighted by Crippen LogP contribution is -2.39. The molecule has 0 aliphatic carbocycles. The monoisotopic (exact) mass is 405 g/mol. The van der Waals surface area contributed by atoms with Gasteiger partial charge in [0, 0.05) is 38.4 Å². The normalized spacial score (nSPS) is 11.8. The van der Waals surface area contributed by atoms with E-state index in [1.807, 2.05) is 0 Å². The molecular formula is C24H31N5O. The molecule has 0 bridgehead atoms. The van der Waals surface area contributed by atoms with E-state index in [4.69, 9.17) is 4.52 Å². The summed E-state index contributed by atoms with van der Waals surface area (Å²) in [6.45, 7) is 5.60. The Hall–Kier alpha value is -3.15. The highest BCUT2D eigenvalue weighted by molar-refractivity contribution is 5.79. The first kappa shape index (κ1) is 21.6.